The van der Waals surface area contributed by atoms with Gasteiger partial charge in [0.2, 0.25) is 0 Å². The van der Waals surface area contributed by atoms with Crippen molar-refractivity contribution in [2.75, 3.05) is 72.8 Å². The van der Waals surface area contributed by atoms with Gasteiger partial charge in [0, 0.05) is 38.1 Å². The zero-order valence-electron chi connectivity index (χ0n) is 15.3. The SMILES string of the molecule is CN1CC(C)(C)COP1(=O)N1CCN(C(=O)OCCOCCO)CC1. The highest BCUT2D eigenvalue weighted by molar-refractivity contribution is 7.54. The Morgan fingerprint density at radius 3 is 2.48 bits per heavy atom. The molecule has 0 radical (unpaired) electrons. The van der Waals surface area contributed by atoms with Gasteiger partial charge < -0.3 is 24.0 Å². The minimum absolute atomic E-state index is 0.0214. The smallest absolute Gasteiger partial charge is 0.409 e. The highest BCUT2D eigenvalue weighted by Crippen LogP contribution is 2.57. The van der Waals surface area contributed by atoms with Crippen LogP contribution in [-0.4, -0.2) is 98.2 Å². The highest BCUT2D eigenvalue weighted by Gasteiger charge is 2.45. The quantitative estimate of drug-likeness (QED) is 0.536. The van der Waals surface area contributed by atoms with Gasteiger partial charge in [-0.3, -0.25) is 4.57 Å². The van der Waals surface area contributed by atoms with Crippen LogP contribution in [0.1, 0.15) is 13.8 Å². The van der Waals surface area contributed by atoms with Gasteiger partial charge in [0.15, 0.2) is 0 Å². The molecule has 1 amide bonds. The Labute approximate surface area is 149 Å². The third-order valence-electron chi connectivity index (χ3n) is 4.27. The van der Waals surface area contributed by atoms with Crippen LogP contribution < -0.4 is 0 Å². The van der Waals surface area contributed by atoms with E-state index in [0.29, 0.717) is 39.3 Å². The first-order valence-corrected chi connectivity index (χ1v) is 10.1. The van der Waals surface area contributed by atoms with Crippen molar-refractivity contribution in [1.29, 1.82) is 0 Å². The Morgan fingerprint density at radius 2 is 1.88 bits per heavy atom. The Bertz CT molecular complexity index is 496. The summed E-state index contributed by atoms with van der Waals surface area (Å²) >= 11 is 0. The molecule has 2 saturated heterocycles. The fourth-order valence-corrected chi connectivity index (χ4v) is 5.54. The van der Waals surface area contributed by atoms with Gasteiger partial charge in [0.1, 0.15) is 6.61 Å². The van der Waals surface area contributed by atoms with Crippen molar-refractivity contribution >= 4 is 13.8 Å². The van der Waals surface area contributed by atoms with Crippen LogP contribution in [0.2, 0.25) is 0 Å². The molecule has 0 spiro atoms. The van der Waals surface area contributed by atoms with Gasteiger partial charge in [0.05, 0.1) is 26.4 Å². The van der Waals surface area contributed by atoms with Crippen molar-refractivity contribution in [3.8, 4) is 0 Å². The second-order valence-electron chi connectivity index (χ2n) is 7.14. The number of rotatable bonds is 6. The fraction of sp³-hybridized carbons (Fsp3) is 0.933. The Kier molecular flexibility index (Phi) is 7.25. The van der Waals surface area contributed by atoms with Crippen LogP contribution in [0, 0.1) is 5.41 Å². The maximum absolute atomic E-state index is 13.2. The van der Waals surface area contributed by atoms with E-state index in [-0.39, 0.29) is 31.8 Å². The summed E-state index contributed by atoms with van der Waals surface area (Å²) in [5, 5.41) is 8.60. The molecule has 2 aliphatic heterocycles. The third kappa shape index (κ3) is 5.39. The number of carbonyl (C=O) groups is 1. The third-order valence-corrected chi connectivity index (χ3v) is 6.86. The molecule has 9 nitrogen and oxygen atoms in total. The van der Waals surface area contributed by atoms with Crippen LogP contribution >= 0.6 is 7.67 Å². The Balaban J connectivity index is 1.77. The summed E-state index contributed by atoms with van der Waals surface area (Å²) in [4.78, 5) is 13.6. The van der Waals surface area contributed by atoms with Gasteiger partial charge >= 0.3 is 13.8 Å². The van der Waals surface area contributed by atoms with Crippen molar-refractivity contribution in [3.63, 3.8) is 0 Å². The minimum atomic E-state index is -3.01. The predicted octanol–water partition coefficient (Wildman–Crippen LogP) is 0.846. The number of amides is 1. The number of aliphatic hydroxyl groups is 1. The van der Waals surface area contributed by atoms with Gasteiger partial charge in [-0.2, -0.15) is 0 Å². The molecular formula is C15H30N3O6P. The van der Waals surface area contributed by atoms with Crippen LogP contribution in [0.25, 0.3) is 0 Å². The lowest BCUT2D eigenvalue weighted by molar-refractivity contribution is 0.0345. The standard InChI is InChI=1S/C15H30N3O6P/c1-15(2)12-16(3)25(21,24-13-15)18-6-4-17(5-7-18)14(20)23-11-10-22-9-8-19/h19H,4-13H2,1-3H3. The first kappa shape index (κ1) is 20.6. The van der Waals surface area contributed by atoms with E-state index in [1.807, 2.05) is 16.4 Å². The molecule has 146 valence electrons. The largest absolute Gasteiger partial charge is 0.447 e. The number of carbonyl (C=O) groups excluding carboxylic acids is 1. The lowest BCUT2D eigenvalue weighted by atomic mass is 9.95. The van der Waals surface area contributed by atoms with E-state index in [0.717, 1.165) is 0 Å². The van der Waals surface area contributed by atoms with Gasteiger partial charge in [0.25, 0.3) is 0 Å². The summed E-state index contributed by atoms with van der Waals surface area (Å²) in [5.74, 6) is 0. The number of piperazine rings is 1. The molecule has 25 heavy (non-hydrogen) atoms. The molecule has 0 aromatic heterocycles. The summed E-state index contributed by atoms with van der Waals surface area (Å²) in [6.45, 7) is 7.80. The van der Waals surface area contributed by atoms with Crippen molar-refractivity contribution in [2.45, 2.75) is 13.8 Å². The molecule has 2 heterocycles. The fourth-order valence-electron chi connectivity index (χ4n) is 2.99. The monoisotopic (exact) mass is 379 g/mol. The second kappa shape index (κ2) is 8.79. The summed E-state index contributed by atoms with van der Waals surface area (Å²) in [5.41, 5.74) is -0.0214. The molecule has 0 aromatic rings. The van der Waals surface area contributed by atoms with Gasteiger partial charge in [-0.1, -0.05) is 13.8 Å². The van der Waals surface area contributed by atoms with E-state index in [1.54, 1.807) is 4.90 Å². The molecule has 0 aromatic carbocycles. The maximum Gasteiger partial charge on any atom is 0.409 e. The van der Waals surface area contributed by atoms with E-state index in [4.69, 9.17) is 19.1 Å². The average molecular weight is 379 g/mol. The van der Waals surface area contributed by atoms with E-state index in [1.165, 1.54) is 0 Å². The van der Waals surface area contributed by atoms with Crippen LogP contribution in [-0.2, 0) is 18.6 Å². The Hall–Kier alpha value is -0.700. The molecule has 2 fully saturated rings. The Morgan fingerprint density at radius 1 is 1.20 bits per heavy atom. The first-order valence-electron chi connectivity index (χ1n) is 8.60. The van der Waals surface area contributed by atoms with E-state index in [9.17, 15) is 9.36 Å². The summed E-state index contributed by atoms with van der Waals surface area (Å²) < 4.78 is 32.8. The van der Waals surface area contributed by atoms with Crippen LogP contribution in [0.5, 0.6) is 0 Å². The number of ether oxygens (including phenoxy) is 2. The number of hydrogen-bond donors (Lipinski definition) is 1. The van der Waals surface area contributed by atoms with Gasteiger partial charge in [-0.25, -0.2) is 14.1 Å². The van der Waals surface area contributed by atoms with Crippen molar-refractivity contribution in [2.24, 2.45) is 5.41 Å². The lowest BCUT2D eigenvalue weighted by Crippen LogP contribution is -2.51. The molecule has 0 bridgehead atoms. The van der Waals surface area contributed by atoms with E-state index in [2.05, 4.69) is 13.8 Å². The molecule has 2 aliphatic rings. The molecule has 0 aliphatic carbocycles. The van der Waals surface area contributed by atoms with Crippen molar-refractivity contribution in [1.82, 2.24) is 14.2 Å². The number of nitrogens with zero attached hydrogens (tertiary/aromatic N) is 3. The van der Waals surface area contributed by atoms with E-state index < -0.39 is 13.8 Å². The average Bonchev–Trinajstić information content (AvgIpc) is 2.58. The minimum Gasteiger partial charge on any atom is -0.447 e. The number of hydrogen-bond acceptors (Lipinski definition) is 6. The summed E-state index contributed by atoms with van der Waals surface area (Å²) in [7, 11) is -1.18. The van der Waals surface area contributed by atoms with Crippen molar-refractivity contribution in [3.05, 3.63) is 0 Å². The van der Waals surface area contributed by atoms with Crippen LogP contribution in [0.15, 0.2) is 0 Å². The molecule has 0 saturated carbocycles. The summed E-state index contributed by atoms with van der Waals surface area (Å²) in [6, 6.07) is 0. The zero-order valence-corrected chi connectivity index (χ0v) is 16.2. The second-order valence-corrected chi connectivity index (χ2v) is 9.62. The van der Waals surface area contributed by atoms with Gasteiger partial charge in [-0.15, -0.1) is 0 Å². The van der Waals surface area contributed by atoms with Crippen molar-refractivity contribution < 1.29 is 28.5 Å². The molecule has 2 rings (SSSR count). The zero-order chi connectivity index (χ0) is 18.5. The van der Waals surface area contributed by atoms with Crippen LogP contribution in [0.3, 0.4) is 0 Å². The predicted molar refractivity (Wildman–Crippen MR) is 92.4 cm³/mol. The van der Waals surface area contributed by atoms with Crippen LogP contribution in [0.4, 0.5) is 4.79 Å². The molecule has 1 atom stereocenters. The lowest BCUT2D eigenvalue weighted by Gasteiger charge is -2.46. The number of aliphatic hydroxyl groups excluding tert-OH is 1. The van der Waals surface area contributed by atoms with Gasteiger partial charge in [-0.05, 0) is 7.05 Å². The summed E-state index contributed by atoms with van der Waals surface area (Å²) in [6.07, 6.45) is -0.399. The highest BCUT2D eigenvalue weighted by atomic mass is 31.2. The molecule has 1 unspecified atom stereocenters. The first-order chi connectivity index (χ1) is 11.8. The molecule has 1 N–H and O–H groups in total. The van der Waals surface area contributed by atoms with E-state index >= 15 is 0 Å². The topological polar surface area (TPSA) is 91.8 Å². The normalized spacial score (nSPS) is 28.1. The maximum atomic E-state index is 13.2. The molecule has 10 heteroatoms. The molecular weight excluding hydrogens is 349 g/mol.